The van der Waals surface area contributed by atoms with Crippen LogP contribution < -0.4 is 0 Å². The molecule has 4 aromatic rings. The molecule has 0 unspecified atom stereocenters. The predicted octanol–water partition coefficient (Wildman–Crippen LogP) is 10.3. The molecule has 53 heavy (non-hydrogen) atoms. The quantitative estimate of drug-likeness (QED) is 0.121. The molecular weight excluding hydrogens is 727 g/mol. The lowest BCUT2D eigenvalue weighted by atomic mass is 9.95. The summed E-state index contributed by atoms with van der Waals surface area (Å²) in [6.45, 7) is 15.7. The number of aliphatic hydroxyl groups is 4. The van der Waals surface area contributed by atoms with Gasteiger partial charge in [0, 0.05) is 36.5 Å². The van der Waals surface area contributed by atoms with Crippen molar-refractivity contribution < 1.29 is 38.0 Å². The van der Waals surface area contributed by atoms with Gasteiger partial charge in [0.1, 0.15) is 5.82 Å². The minimum atomic E-state index is -4.30. The Morgan fingerprint density at radius 2 is 0.755 bits per heavy atom. The van der Waals surface area contributed by atoms with Crippen molar-refractivity contribution in [1.82, 2.24) is 0 Å². The van der Waals surface area contributed by atoms with Crippen molar-refractivity contribution in [2.45, 2.75) is 100 Å². The second-order valence-electron chi connectivity index (χ2n) is 12.9. The molecule has 0 aliphatic heterocycles. The second kappa shape index (κ2) is 23.7. The van der Waals surface area contributed by atoms with Crippen LogP contribution in [0.25, 0.3) is 0 Å². The maximum absolute atomic E-state index is 12.8. The van der Waals surface area contributed by atoms with Crippen LogP contribution in [0, 0.1) is 47.4 Å². The molecule has 4 nitrogen and oxygen atoms in total. The summed E-state index contributed by atoms with van der Waals surface area (Å²) in [6, 6.07) is 13.1. The summed E-state index contributed by atoms with van der Waals surface area (Å²) in [5, 5.41) is 36.9. The SMILES string of the molecule is CCc1cc(Cl)cc(CC)c1CCO.Cc1cc(C(F)(F)F)cc(C)c1CCO.Cc1cc(Cl)cc(C)c1CCO.Cc1cc(F)cc(C)c1CCO. The zero-order valence-corrected chi connectivity index (χ0v) is 33.8. The average Bonchev–Trinajstić information content (AvgIpc) is 3.07. The molecule has 4 rings (SSSR count). The van der Waals surface area contributed by atoms with E-state index >= 15 is 0 Å². The van der Waals surface area contributed by atoms with Crippen molar-refractivity contribution in [2.75, 3.05) is 26.4 Å². The van der Waals surface area contributed by atoms with Crippen LogP contribution in [-0.2, 0) is 44.7 Å². The number of benzene rings is 4. The molecule has 0 fully saturated rings. The Kier molecular flexibility index (Phi) is 21.5. The molecule has 0 saturated heterocycles. The Morgan fingerprint density at radius 3 is 1.06 bits per heavy atom. The van der Waals surface area contributed by atoms with Gasteiger partial charge in [0.15, 0.2) is 0 Å². The van der Waals surface area contributed by atoms with E-state index in [0.717, 1.165) is 81.2 Å². The number of alkyl halides is 3. The van der Waals surface area contributed by atoms with Crippen LogP contribution in [0.2, 0.25) is 10.0 Å². The molecule has 4 N–H and O–H groups in total. The summed E-state index contributed by atoms with van der Waals surface area (Å²) in [7, 11) is 0. The first-order valence-electron chi connectivity index (χ1n) is 17.8. The topological polar surface area (TPSA) is 80.9 Å². The number of aliphatic hydroxyl groups excluding tert-OH is 4. The van der Waals surface area contributed by atoms with Crippen LogP contribution in [0.3, 0.4) is 0 Å². The molecule has 0 amide bonds. The number of halogens is 6. The molecule has 0 radical (unpaired) electrons. The van der Waals surface area contributed by atoms with Gasteiger partial charge >= 0.3 is 6.18 Å². The molecular formula is C43H56Cl2F4O4. The lowest BCUT2D eigenvalue weighted by molar-refractivity contribution is -0.137. The highest BCUT2D eigenvalue weighted by molar-refractivity contribution is 6.31. The highest BCUT2D eigenvalue weighted by Crippen LogP contribution is 2.32. The van der Waals surface area contributed by atoms with Crippen molar-refractivity contribution in [3.8, 4) is 0 Å². The summed E-state index contributed by atoms with van der Waals surface area (Å²) >= 11 is 11.9. The van der Waals surface area contributed by atoms with Crippen molar-refractivity contribution in [2.24, 2.45) is 0 Å². The minimum absolute atomic E-state index is 0.0486. The zero-order chi connectivity index (χ0) is 40.5. The molecule has 4 aromatic carbocycles. The first-order valence-corrected chi connectivity index (χ1v) is 18.6. The number of hydrogen-bond donors (Lipinski definition) is 4. The molecule has 0 aromatic heterocycles. The minimum Gasteiger partial charge on any atom is -0.396 e. The number of hydrogen-bond acceptors (Lipinski definition) is 4. The molecule has 10 heteroatoms. The lowest BCUT2D eigenvalue weighted by Crippen LogP contribution is -2.08. The van der Waals surface area contributed by atoms with Crippen LogP contribution in [0.15, 0.2) is 48.5 Å². The smallest absolute Gasteiger partial charge is 0.396 e. The molecule has 0 spiro atoms. The van der Waals surface area contributed by atoms with Crippen LogP contribution in [-0.4, -0.2) is 46.9 Å². The molecule has 0 heterocycles. The maximum atomic E-state index is 12.8. The number of rotatable bonds is 10. The van der Waals surface area contributed by atoms with E-state index in [-0.39, 0.29) is 32.2 Å². The molecule has 294 valence electrons. The number of aryl methyl sites for hydroxylation is 8. The van der Waals surface area contributed by atoms with E-state index in [2.05, 4.69) is 13.8 Å². The fourth-order valence-electron chi connectivity index (χ4n) is 6.38. The van der Waals surface area contributed by atoms with Crippen LogP contribution in [0.5, 0.6) is 0 Å². The third-order valence-electron chi connectivity index (χ3n) is 8.95. The Hall–Kier alpha value is -2.98. The van der Waals surface area contributed by atoms with Gasteiger partial charge in [0.05, 0.1) is 5.56 Å². The summed E-state index contributed by atoms with van der Waals surface area (Å²) in [4.78, 5) is 0. The predicted molar refractivity (Wildman–Crippen MR) is 211 cm³/mol. The van der Waals surface area contributed by atoms with Crippen LogP contribution in [0.1, 0.15) is 86.2 Å². The normalized spacial score (nSPS) is 10.8. The van der Waals surface area contributed by atoms with Crippen molar-refractivity contribution in [1.29, 1.82) is 0 Å². The molecule has 0 saturated carbocycles. The summed E-state index contributed by atoms with van der Waals surface area (Å²) in [6.07, 6.45) is 0.116. The van der Waals surface area contributed by atoms with Gasteiger partial charge in [-0.1, -0.05) is 37.0 Å². The fourth-order valence-corrected chi connectivity index (χ4v) is 6.97. The van der Waals surface area contributed by atoms with Gasteiger partial charge in [0.25, 0.3) is 0 Å². The van der Waals surface area contributed by atoms with Gasteiger partial charge in [-0.25, -0.2) is 4.39 Å². The summed E-state index contributed by atoms with van der Waals surface area (Å²) < 4.78 is 50.0. The fraction of sp³-hybridized carbons (Fsp3) is 0.442. The van der Waals surface area contributed by atoms with Gasteiger partial charge < -0.3 is 20.4 Å². The standard InChI is InChI=1S/C12H17ClO.C11H13F3O.C10H13ClO.C10H13FO/c1-3-9-7-11(13)8-10(4-2)12(9)5-6-14;1-7-5-9(11(12,13)14)6-8(2)10(7)3-4-15;2*1-7-5-9(11)6-8(2)10(7)3-4-12/h7-8,14H,3-6H2,1-2H3;5-6,15H,3-4H2,1-2H3;2*5-6,12H,3-4H2,1-2H3. The van der Waals surface area contributed by atoms with E-state index in [4.69, 9.17) is 43.6 Å². The van der Waals surface area contributed by atoms with Crippen molar-refractivity contribution in [3.05, 3.63) is 137 Å². The van der Waals surface area contributed by atoms with Crippen LogP contribution >= 0.6 is 23.2 Å². The first-order chi connectivity index (χ1) is 24.9. The summed E-state index contributed by atoms with van der Waals surface area (Å²) in [5.41, 5.74) is 11.6. The molecule has 0 aliphatic rings. The lowest BCUT2D eigenvalue weighted by Gasteiger charge is -2.13. The second-order valence-corrected chi connectivity index (χ2v) is 13.8. The van der Waals surface area contributed by atoms with Gasteiger partial charge in [0.2, 0.25) is 0 Å². The van der Waals surface area contributed by atoms with E-state index in [1.54, 1.807) is 13.8 Å². The molecule has 0 bridgehead atoms. The highest BCUT2D eigenvalue weighted by atomic mass is 35.5. The summed E-state index contributed by atoms with van der Waals surface area (Å²) in [5.74, 6) is -0.202. The Balaban J connectivity index is 0.000000355. The third kappa shape index (κ3) is 15.7. The van der Waals surface area contributed by atoms with E-state index in [1.165, 1.54) is 34.4 Å². The Bertz CT molecular complexity index is 1580. The van der Waals surface area contributed by atoms with Gasteiger partial charge in [-0.15, -0.1) is 0 Å². The van der Waals surface area contributed by atoms with Gasteiger partial charge in [-0.2, -0.15) is 13.2 Å². The largest absolute Gasteiger partial charge is 0.416 e. The zero-order valence-electron chi connectivity index (χ0n) is 32.2. The van der Waals surface area contributed by atoms with E-state index in [9.17, 15) is 17.6 Å². The van der Waals surface area contributed by atoms with E-state index in [1.807, 2.05) is 52.0 Å². The van der Waals surface area contributed by atoms with Crippen LogP contribution in [0.4, 0.5) is 17.6 Å². The maximum Gasteiger partial charge on any atom is 0.416 e. The highest BCUT2D eigenvalue weighted by Gasteiger charge is 2.31. The van der Waals surface area contributed by atoms with Gasteiger partial charge in [-0.3, -0.25) is 0 Å². The monoisotopic (exact) mass is 782 g/mol. The average molecular weight is 784 g/mol. The van der Waals surface area contributed by atoms with Crippen molar-refractivity contribution >= 4 is 23.2 Å². The van der Waals surface area contributed by atoms with E-state index in [0.29, 0.717) is 24.0 Å². The third-order valence-corrected chi connectivity index (χ3v) is 9.39. The molecule has 0 atom stereocenters. The van der Waals surface area contributed by atoms with E-state index < -0.39 is 11.7 Å². The van der Waals surface area contributed by atoms with Crippen molar-refractivity contribution in [3.63, 3.8) is 0 Å². The molecule has 0 aliphatic carbocycles. The Labute approximate surface area is 323 Å². The first kappa shape index (κ1) is 48.0. The van der Waals surface area contributed by atoms with Gasteiger partial charge in [-0.05, 0) is 195 Å². The Morgan fingerprint density at radius 1 is 0.472 bits per heavy atom.